The van der Waals surface area contributed by atoms with Crippen molar-refractivity contribution in [3.05, 3.63) is 95.8 Å². The third kappa shape index (κ3) is 6.03. The van der Waals surface area contributed by atoms with Crippen LogP contribution in [0.25, 0.3) is 0 Å². The molecule has 10 heteroatoms. The van der Waals surface area contributed by atoms with E-state index in [0.717, 1.165) is 37.4 Å². The highest BCUT2D eigenvalue weighted by Gasteiger charge is 2.35. The van der Waals surface area contributed by atoms with Crippen molar-refractivity contribution < 1.29 is 23.9 Å². The summed E-state index contributed by atoms with van der Waals surface area (Å²) in [4.78, 5) is 45.9. The van der Waals surface area contributed by atoms with Crippen LogP contribution in [0.3, 0.4) is 0 Å². The molecule has 1 atom stereocenters. The van der Waals surface area contributed by atoms with Crippen molar-refractivity contribution in [2.45, 2.75) is 19.2 Å². The number of rotatable bonds is 8. The van der Waals surface area contributed by atoms with Gasteiger partial charge >= 0.3 is 6.09 Å². The lowest BCUT2D eigenvalue weighted by Crippen LogP contribution is -2.44. The number of nitrogens with zero attached hydrogens (tertiary/aromatic N) is 4. The number of aromatic nitrogens is 1. The molecule has 10 nitrogen and oxygen atoms in total. The monoisotopic (exact) mass is 557 g/mol. The lowest BCUT2D eigenvalue weighted by molar-refractivity contribution is -0.143. The van der Waals surface area contributed by atoms with Gasteiger partial charge in [0.25, 0.3) is 11.8 Å². The van der Waals surface area contributed by atoms with Crippen LogP contribution in [0, 0.1) is 0 Å². The van der Waals surface area contributed by atoms with Gasteiger partial charge in [0.05, 0.1) is 24.5 Å². The van der Waals surface area contributed by atoms with Crippen LogP contribution < -0.4 is 10.2 Å². The van der Waals surface area contributed by atoms with Gasteiger partial charge in [0.1, 0.15) is 6.61 Å². The van der Waals surface area contributed by atoms with Gasteiger partial charge in [-0.25, -0.2) is 4.79 Å². The molecule has 0 aliphatic carbocycles. The largest absolute Gasteiger partial charge is 0.445 e. The number of carbonyl (C=O) groups excluding carboxylic acids is 3. The van der Waals surface area contributed by atoms with Gasteiger partial charge in [-0.05, 0) is 36.9 Å². The smallest absolute Gasteiger partial charge is 0.418 e. The minimum absolute atomic E-state index is 0.0372. The molecule has 0 radical (unpaired) electrons. The predicted octanol–water partition coefficient (Wildman–Crippen LogP) is 3.89. The van der Waals surface area contributed by atoms with Gasteiger partial charge in [0, 0.05) is 56.3 Å². The number of benzene rings is 2. The fraction of sp³-hybridized carbons (Fsp3) is 0.323. The number of anilines is 2. The molecule has 214 valence electrons. The Morgan fingerprint density at radius 3 is 2.37 bits per heavy atom. The van der Waals surface area contributed by atoms with Crippen LogP contribution in [-0.4, -0.2) is 79.2 Å². The Morgan fingerprint density at radius 2 is 1.71 bits per heavy atom. The molecule has 2 aromatic carbocycles. The normalized spacial score (nSPS) is 15.8. The van der Waals surface area contributed by atoms with E-state index in [1.807, 2.05) is 42.5 Å². The summed E-state index contributed by atoms with van der Waals surface area (Å²) in [5.41, 5.74) is 4.02. The summed E-state index contributed by atoms with van der Waals surface area (Å²) in [6.07, 6.45) is 1.63. The molecule has 41 heavy (non-hydrogen) atoms. The second-order valence-corrected chi connectivity index (χ2v) is 10.2. The summed E-state index contributed by atoms with van der Waals surface area (Å²) in [5, 5.41) is 2.95. The first-order valence-electron chi connectivity index (χ1n) is 13.6. The second kappa shape index (κ2) is 12.4. The van der Waals surface area contributed by atoms with Crippen molar-refractivity contribution in [1.29, 1.82) is 0 Å². The first-order chi connectivity index (χ1) is 19.9. The number of piperazine rings is 1. The maximum absolute atomic E-state index is 13.5. The minimum Gasteiger partial charge on any atom is -0.445 e. The number of hydrogen-bond acceptors (Lipinski definition) is 7. The van der Waals surface area contributed by atoms with E-state index in [4.69, 9.17) is 9.47 Å². The van der Waals surface area contributed by atoms with Gasteiger partial charge < -0.3 is 29.5 Å². The topological polar surface area (TPSA) is 96.4 Å². The molecule has 2 aliphatic heterocycles. The van der Waals surface area contributed by atoms with Crippen molar-refractivity contribution in [1.82, 2.24) is 14.4 Å². The molecule has 0 spiro atoms. The highest BCUT2D eigenvalue weighted by molar-refractivity contribution is 6.05. The Hall–Kier alpha value is -4.41. The van der Waals surface area contributed by atoms with Gasteiger partial charge in [-0.3, -0.25) is 14.2 Å². The van der Waals surface area contributed by atoms with E-state index in [1.54, 1.807) is 23.2 Å². The zero-order valence-electron chi connectivity index (χ0n) is 23.4. The molecule has 5 rings (SSSR count). The number of carbonyl (C=O) groups is 3. The van der Waals surface area contributed by atoms with E-state index in [2.05, 4.69) is 28.7 Å². The number of methoxy groups -OCH3 is 1. The van der Waals surface area contributed by atoms with Crippen molar-refractivity contribution in [3.8, 4) is 0 Å². The molecule has 1 aromatic heterocycles. The third-order valence-electron chi connectivity index (χ3n) is 7.55. The average Bonchev–Trinajstić information content (AvgIpc) is 3.58. The molecule has 3 aromatic rings. The van der Waals surface area contributed by atoms with Crippen molar-refractivity contribution in [3.63, 3.8) is 0 Å². The fourth-order valence-corrected chi connectivity index (χ4v) is 5.24. The molecule has 1 N–H and O–H groups in total. The molecule has 1 fully saturated rings. The standard InChI is InChI=1S/C31H35N5O5/c1-4-18-41-31(39)36-20-26(32-29(37)23-10-12-24(13-11-23)34-16-14-33(2)15-17-34)25-19-35(21-27(25)36)30(38)28(40-3)22-8-6-5-7-9-22/h4-13,20,28H,1,14-19,21H2,2-3H3,(H,32,37)/t28-/m1/s1. The number of hydrogen-bond donors (Lipinski definition) is 1. The summed E-state index contributed by atoms with van der Waals surface area (Å²) >= 11 is 0. The molecular weight excluding hydrogens is 522 g/mol. The van der Waals surface area contributed by atoms with E-state index >= 15 is 0 Å². The lowest BCUT2D eigenvalue weighted by atomic mass is 10.1. The van der Waals surface area contributed by atoms with E-state index < -0.39 is 12.2 Å². The third-order valence-corrected chi connectivity index (χ3v) is 7.55. The Balaban J connectivity index is 1.35. The average molecular weight is 558 g/mol. The van der Waals surface area contributed by atoms with E-state index in [0.29, 0.717) is 22.5 Å². The van der Waals surface area contributed by atoms with Gasteiger partial charge in [-0.2, -0.15) is 0 Å². The van der Waals surface area contributed by atoms with Crippen molar-refractivity contribution >= 4 is 29.3 Å². The second-order valence-electron chi connectivity index (χ2n) is 10.2. The van der Waals surface area contributed by atoms with E-state index in [1.165, 1.54) is 17.8 Å². The highest BCUT2D eigenvalue weighted by Crippen LogP contribution is 2.34. The molecule has 0 bridgehead atoms. The molecule has 2 aliphatic rings. The summed E-state index contributed by atoms with van der Waals surface area (Å²) in [6, 6.07) is 16.8. The Morgan fingerprint density at radius 1 is 1.00 bits per heavy atom. The zero-order valence-corrected chi connectivity index (χ0v) is 23.4. The number of likely N-dealkylation sites (N-methyl/N-ethyl adjacent to an activating group) is 1. The number of amides is 2. The Bertz CT molecular complexity index is 1410. The SMILES string of the molecule is C=CCOC(=O)n1cc(NC(=O)c2ccc(N3CCN(C)CC3)cc2)c2c1CN(C(=O)[C@H](OC)c1ccccc1)C2. The van der Waals surface area contributed by atoms with Crippen LogP contribution in [0.15, 0.2) is 73.4 Å². The highest BCUT2D eigenvalue weighted by atomic mass is 16.5. The Labute approximate surface area is 239 Å². The van der Waals surface area contributed by atoms with Crippen LogP contribution >= 0.6 is 0 Å². The molecule has 3 heterocycles. The lowest BCUT2D eigenvalue weighted by Gasteiger charge is -2.34. The number of nitrogens with one attached hydrogen (secondary N) is 1. The van der Waals surface area contributed by atoms with Gasteiger partial charge in [-0.15, -0.1) is 0 Å². The fourth-order valence-electron chi connectivity index (χ4n) is 5.24. The molecule has 0 unspecified atom stereocenters. The molecule has 0 saturated carbocycles. The summed E-state index contributed by atoms with van der Waals surface area (Å²) in [5.74, 6) is -0.546. The maximum atomic E-state index is 13.5. The first-order valence-corrected chi connectivity index (χ1v) is 13.6. The van der Waals surface area contributed by atoms with Crippen LogP contribution in [-0.2, 0) is 27.4 Å². The number of ether oxygens (including phenoxy) is 2. The van der Waals surface area contributed by atoms with Gasteiger partial charge in [0.2, 0.25) is 0 Å². The van der Waals surface area contributed by atoms with Gasteiger partial charge in [-0.1, -0.05) is 43.0 Å². The zero-order chi connectivity index (χ0) is 28.9. The van der Waals surface area contributed by atoms with E-state index in [9.17, 15) is 14.4 Å². The maximum Gasteiger partial charge on any atom is 0.418 e. The van der Waals surface area contributed by atoms with Crippen molar-refractivity contribution in [2.75, 3.05) is 57.2 Å². The first kappa shape index (κ1) is 28.1. The van der Waals surface area contributed by atoms with Crippen LogP contribution in [0.2, 0.25) is 0 Å². The predicted molar refractivity (Wildman–Crippen MR) is 156 cm³/mol. The van der Waals surface area contributed by atoms with Crippen molar-refractivity contribution in [2.24, 2.45) is 0 Å². The van der Waals surface area contributed by atoms with Crippen LogP contribution in [0.5, 0.6) is 0 Å². The number of fused-ring (bicyclic) bond motifs is 1. The summed E-state index contributed by atoms with van der Waals surface area (Å²) in [7, 11) is 3.61. The molecule has 1 saturated heterocycles. The molecule has 2 amide bonds. The summed E-state index contributed by atoms with van der Waals surface area (Å²) < 4.78 is 12.2. The summed E-state index contributed by atoms with van der Waals surface area (Å²) in [6.45, 7) is 7.87. The van der Waals surface area contributed by atoms with Gasteiger partial charge in [0.15, 0.2) is 6.10 Å². The molecular formula is C31H35N5O5. The van der Waals surface area contributed by atoms with Crippen LogP contribution in [0.4, 0.5) is 16.2 Å². The quantitative estimate of drug-likeness (QED) is 0.420. The minimum atomic E-state index is -0.793. The van der Waals surface area contributed by atoms with Crippen LogP contribution in [0.1, 0.15) is 33.3 Å². The Kier molecular flexibility index (Phi) is 8.51. The van der Waals surface area contributed by atoms with E-state index in [-0.39, 0.29) is 31.5 Å².